The van der Waals surface area contributed by atoms with Gasteiger partial charge in [-0.1, -0.05) is 137 Å². The third kappa shape index (κ3) is 37.0. The summed E-state index contributed by atoms with van der Waals surface area (Å²) >= 11 is 0. The van der Waals surface area contributed by atoms with Crippen molar-refractivity contribution in [2.45, 2.75) is 142 Å². The third-order valence-electron chi connectivity index (χ3n) is 7.23. The Kier molecular flexibility index (Phi) is 35.4. The molecule has 2 amide bonds. The van der Waals surface area contributed by atoms with Crippen LogP contribution in [0.25, 0.3) is 0 Å². The summed E-state index contributed by atoms with van der Waals surface area (Å²) in [6.07, 6.45) is 56.0. The number of amides is 2. The quantitative estimate of drug-likeness (QED) is 0.0590. The second kappa shape index (κ2) is 38.0. The summed E-state index contributed by atoms with van der Waals surface area (Å²) in [5, 5.41) is 5.79. The number of carbonyl (C=O) groups is 2. The molecular formula is C42H68N2O2. The molecule has 0 aromatic rings. The molecule has 0 spiro atoms. The molecule has 46 heavy (non-hydrogen) atoms. The molecule has 4 heteroatoms. The molecule has 0 aliphatic carbocycles. The molecule has 0 bridgehead atoms. The van der Waals surface area contributed by atoms with Crippen LogP contribution in [0.15, 0.2) is 97.2 Å². The maximum atomic E-state index is 12.0. The number of allylic oxidation sites excluding steroid dienone is 16. The second-order valence-electron chi connectivity index (χ2n) is 11.7. The molecule has 0 heterocycles. The van der Waals surface area contributed by atoms with Crippen molar-refractivity contribution in [2.24, 2.45) is 0 Å². The minimum atomic E-state index is 0.0469. The van der Waals surface area contributed by atoms with Gasteiger partial charge in [0.1, 0.15) is 0 Å². The predicted molar refractivity (Wildman–Crippen MR) is 203 cm³/mol. The van der Waals surface area contributed by atoms with E-state index in [0.29, 0.717) is 25.9 Å². The Balaban J connectivity index is 3.58. The van der Waals surface area contributed by atoms with Crippen molar-refractivity contribution in [3.05, 3.63) is 97.2 Å². The summed E-state index contributed by atoms with van der Waals surface area (Å²) in [5.74, 6) is 0.0938. The van der Waals surface area contributed by atoms with E-state index >= 15 is 0 Å². The molecule has 0 unspecified atom stereocenters. The van der Waals surface area contributed by atoms with Gasteiger partial charge in [-0.2, -0.15) is 0 Å². The van der Waals surface area contributed by atoms with E-state index in [-0.39, 0.29) is 11.8 Å². The second-order valence-corrected chi connectivity index (χ2v) is 11.7. The number of rotatable bonds is 31. The molecule has 0 aromatic carbocycles. The SMILES string of the molecule is CCCCCC=CCC=CCC=CCC=CCCCC(=O)NCCNC(=O)CCCC=CCC=CCC=CCC=CCCCCC. The summed E-state index contributed by atoms with van der Waals surface area (Å²) in [6.45, 7) is 5.43. The monoisotopic (exact) mass is 633 g/mol. The Hall–Kier alpha value is -3.14. The van der Waals surface area contributed by atoms with Crippen LogP contribution in [0, 0.1) is 0 Å². The fourth-order valence-corrected chi connectivity index (χ4v) is 4.46. The number of nitrogens with one attached hydrogen (secondary N) is 2. The van der Waals surface area contributed by atoms with Crippen LogP contribution in [0.5, 0.6) is 0 Å². The molecule has 2 N–H and O–H groups in total. The molecule has 0 aliphatic heterocycles. The summed E-state index contributed by atoms with van der Waals surface area (Å²) in [7, 11) is 0. The zero-order chi connectivity index (χ0) is 33.4. The molecule has 0 rings (SSSR count). The average Bonchev–Trinajstić information content (AvgIpc) is 3.06. The van der Waals surface area contributed by atoms with E-state index in [1.54, 1.807) is 0 Å². The van der Waals surface area contributed by atoms with Crippen molar-refractivity contribution >= 4 is 11.8 Å². The van der Waals surface area contributed by atoms with E-state index < -0.39 is 0 Å². The Morgan fingerprint density at radius 1 is 0.370 bits per heavy atom. The van der Waals surface area contributed by atoms with Crippen LogP contribution in [0.3, 0.4) is 0 Å². The topological polar surface area (TPSA) is 58.2 Å². The highest BCUT2D eigenvalue weighted by atomic mass is 16.2. The molecule has 0 atom stereocenters. The first kappa shape index (κ1) is 42.9. The molecule has 0 fully saturated rings. The molecule has 0 aromatic heterocycles. The van der Waals surface area contributed by atoms with Crippen LogP contribution in [0.4, 0.5) is 0 Å². The summed E-state index contributed by atoms with van der Waals surface area (Å²) in [4.78, 5) is 24.0. The van der Waals surface area contributed by atoms with E-state index in [2.05, 4.69) is 122 Å². The fourth-order valence-electron chi connectivity index (χ4n) is 4.46. The zero-order valence-corrected chi connectivity index (χ0v) is 29.6. The van der Waals surface area contributed by atoms with Crippen LogP contribution >= 0.6 is 0 Å². The van der Waals surface area contributed by atoms with Crippen molar-refractivity contribution < 1.29 is 9.59 Å². The van der Waals surface area contributed by atoms with Crippen LogP contribution in [0.2, 0.25) is 0 Å². The predicted octanol–water partition coefficient (Wildman–Crippen LogP) is 11.5. The van der Waals surface area contributed by atoms with Gasteiger partial charge in [-0.25, -0.2) is 0 Å². The highest BCUT2D eigenvalue weighted by Crippen LogP contribution is 2.03. The first-order valence-electron chi connectivity index (χ1n) is 18.4. The molecule has 0 radical (unpaired) electrons. The van der Waals surface area contributed by atoms with Gasteiger partial charge in [-0.3, -0.25) is 9.59 Å². The van der Waals surface area contributed by atoms with E-state index in [1.807, 2.05) is 0 Å². The van der Waals surface area contributed by atoms with E-state index in [9.17, 15) is 9.59 Å². The number of carbonyl (C=O) groups excluding carboxylic acids is 2. The highest BCUT2D eigenvalue weighted by Gasteiger charge is 2.02. The lowest BCUT2D eigenvalue weighted by Gasteiger charge is -2.06. The standard InChI is InChI=1S/C42H68N2O2/c1-3-5-7-9-11-13-15-17-19-21-23-25-27-29-31-33-35-37-41(45)43-39-40-44-42(46)38-36-34-32-30-28-26-24-22-20-18-16-14-12-10-8-6-4-2/h11-14,17-20,23-26,29-32H,3-10,15-16,21-22,27-28,33-40H2,1-2H3,(H,43,45)(H,44,46). The van der Waals surface area contributed by atoms with Gasteiger partial charge in [0.15, 0.2) is 0 Å². The summed E-state index contributed by atoms with van der Waals surface area (Å²) in [5.41, 5.74) is 0. The minimum absolute atomic E-state index is 0.0469. The Morgan fingerprint density at radius 3 is 0.913 bits per heavy atom. The third-order valence-corrected chi connectivity index (χ3v) is 7.23. The number of unbranched alkanes of at least 4 members (excludes halogenated alkanes) is 8. The van der Waals surface area contributed by atoms with Gasteiger partial charge in [-0.15, -0.1) is 0 Å². The number of hydrogen-bond donors (Lipinski definition) is 2. The van der Waals surface area contributed by atoms with Gasteiger partial charge in [0.05, 0.1) is 0 Å². The van der Waals surface area contributed by atoms with Gasteiger partial charge < -0.3 is 10.6 Å². The Morgan fingerprint density at radius 2 is 0.630 bits per heavy atom. The lowest BCUT2D eigenvalue weighted by Crippen LogP contribution is -2.34. The molecule has 0 saturated carbocycles. The first-order chi connectivity index (χ1) is 22.7. The van der Waals surface area contributed by atoms with E-state index in [4.69, 9.17) is 0 Å². The smallest absolute Gasteiger partial charge is 0.220 e. The summed E-state index contributed by atoms with van der Waals surface area (Å²) < 4.78 is 0. The normalized spacial score (nSPS) is 12.7. The molecule has 0 aliphatic rings. The maximum Gasteiger partial charge on any atom is 0.220 e. The fraction of sp³-hybridized carbons (Fsp3) is 0.571. The molecular weight excluding hydrogens is 564 g/mol. The van der Waals surface area contributed by atoms with E-state index in [0.717, 1.165) is 64.2 Å². The molecule has 4 nitrogen and oxygen atoms in total. The van der Waals surface area contributed by atoms with Crippen molar-refractivity contribution in [1.82, 2.24) is 10.6 Å². The van der Waals surface area contributed by atoms with E-state index in [1.165, 1.54) is 51.4 Å². The van der Waals surface area contributed by atoms with Crippen LogP contribution in [0.1, 0.15) is 142 Å². The number of hydrogen-bond acceptors (Lipinski definition) is 2. The van der Waals surface area contributed by atoms with Crippen LogP contribution in [-0.4, -0.2) is 24.9 Å². The first-order valence-corrected chi connectivity index (χ1v) is 18.4. The average molecular weight is 633 g/mol. The van der Waals surface area contributed by atoms with Gasteiger partial charge in [-0.05, 0) is 89.9 Å². The van der Waals surface area contributed by atoms with Gasteiger partial charge in [0.25, 0.3) is 0 Å². The van der Waals surface area contributed by atoms with Gasteiger partial charge in [0, 0.05) is 25.9 Å². The van der Waals surface area contributed by atoms with Crippen molar-refractivity contribution in [1.29, 1.82) is 0 Å². The van der Waals surface area contributed by atoms with Crippen LogP contribution in [-0.2, 0) is 9.59 Å². The Labute approximate surface area is 284 Å². The van der Waals surface area contributed by atoms with Gasteiger partial charge in [0.2, 0.25) is 11.8 Å². The molecule has 258 valence electrons. The zero-order valence-electron chi connectivity index (χ0n) is 29.6. The lowest BCUT2D eigenvalue weighted by atomic mass is 10.2. The Bertz CT molecular complexity index is 857. The van der Waals surface area contributed by atoms with Crippen molar-refractivity contribution in [3.8, 4) is 0 Å². The maximum absolute atomic E-state index is 12.0. The van der Waals surface area contributed by atoms with Crippen molar-refractivity contribution in [2.75, 3.05) is 13.1 Å². The lowest BCUT2D eigenvalue weighted by molar-refractivity contribution is -0.123. The van der Waals surface area contributed by atoms with Crippen molar-refractivity contribution in [3.63, 3.8) is 0 Å². The molecule has 0 saturated heterocycles. The highest BCUT2D eigenvalue weighted by molar-refractivity contribution is 5.77. The minimum Gasteiger partial charge on any atom is -0.354 e. The van der Waals surface area contributed by atoms with Crippen LogP contribution < -0.4 is 10.6 Å². The largest absolute Gasteiger partial charge is 0.354 e. The summed E-state index contributed by atoms with van der Waals surface area (Å²) in [6, 6.07) is 0. The van der Waals surface area contributed by atoms with Gasteiger partial charge >= 0.3 is 0 Å².